The molecule has 2 atom stereocenters. The van der Waals surface area contributed by atoms with Crippen molar-refractivity contribution in [1.29, 1.82) is 0 Å². The van der Waals surface area contributed by atoms with E-state index in [0.29, 0.717) is 23.1 Å². The molecular formula is C55H68N4O5. The summed E-state index contributed by atoms with van der Waals surface area (Å²) >= 11 is 0. The number of aromatic amines is 2. The number of fused-ring (bicyclic) bond motifs is 8. The Hall–Kier alpha value is -5.96. The molecule has 2 aromatic rings. The van der Waals surface area contributed by atoms with Crippen LogP contribution in [0.4, 0.5) is 0 Å². The fourth-order valence-electron chi connectivity index (χ4n) is 9.29. The van der Waals surface area contributed by atoms with Crippen LogP contribution in [0.15, 0.2) is 77.5 Å². The topological polar surface area (TPSA) is 130 Å². The monoisotopic (exact) mass is 865 g/mol. The number of allylic oxidation sites excluding steroid dienone is 12. The third-order valence-corrected chi connectivity index (χ3v) is 13.3. The van der Waals surface area contributed by atoms with E-state index in [0.717, 1.165) is 112 Å². The first-order valence-corrected chi connectivity index (χ1v) is 23.0. The third kappa shape index (κ3) is 10.2. The molecule has 0 aromatic carbocycles. The smallest absolute Gasteiger partial charge is 0.342 e. The minimum atomic E-state index is -0.647. The molecule has 1 aliphatic carbocycles. The highest BCUT2D eigenvalue weighted by molar-refractivity contribution is 6.30. The Morgan fingerprint density at radius 1 is 0.797 bits per heavy atom. The van der Waals surface area contributed by atoms with E-state index < -0.39 is 5.97 Å². The summed E-state index contributed by atoms with van der Waals surface area (Å²) in [4.78, 5) is 44.5. The quantitative estimate of drug-likeness (QED) is 0.107. The van der Waals surface area contributed by atoms with Crippen molar-refractivity contribution in [1.82, 2.24) is 19.9 Å². The Bertz CT molecular complexity index is 2650. The molecule has 0 saturated carbocycles. The highest BCUT2D eigenvalue weighted by atomic mass is 16.5. The minimum Gasteiger partial charge on any atom is -0.506 e. The van der Waals surface area contributed by atoms with Crippen molar-refractivity contribution in [2.45, 2.75) is 139 Å². The van der Waals surface area contributed by atoms with Crippen molar-refractivity contribution < 1.29 is 24.2 Å². The van der Waals surface area contributed by atoms with Gasteiger partial charge in [0.25, 0.3) is 0 Å². The molecule has 338 valence electrons. The Morgan fingerprint density at radius 2 is 1.42 bits per heavy atom. The van der Waals surface area contributed by atoms with Crippen molar-refractivity contribution in [3.05, 3.63) is 128 Å². The number of aliphatic hydroxyl groups excluding tert-OH is 1. The molecule has 2 unspecified atom stereocenters. The van der Waals surface area contributed by atoms with Crippen molar-refractivity contribution in [3.63, 3.8) is 0 Å². The number of carbonyl (C=O) groups is 2. The maximum Gasteiger partial charge on any atom is 0.342 e. The Kier molecular flexibility index (Phi) is 15.4. The van der Waals surface area contributed by atoms with Gasteiger partial charge in [0, 0.05) is 51.9 Å². The van der Waals surface area contributed by atoms with Gasteiger partial charge in [0.05, 0.1) is 35.4 Å². The normalized spacial score (nSPS) is 17.0. The lowest BCUT2D eigenvalue weighted by Gasteiger charge is -2.18. The standard InChI is InChI=1S/C55H68N4O5/c1-13-39-35(8)42-28-44-37(10)41(24-25-48(60)64-27-26-34(7)23-17-22-33(6)21-16-20-32(5)19-15-18-31(3)4)52(58-44)50-51(55(62)63-12)54(61)49-38(11)45(59-53(49)50)30-47-40(14-2)36(9)43(57-47)29-46(39)56-42/h13,18,20,22,26,28-30,37,41,58-59,61H,1,14-17,19,21,23-25,27H2,2-12H3/b32-20+,33-22+,34-26+,44-28?,46-29?,47-30?,52-50?. The van der Waals surface area contributed by atoms with Gasteiger partial charge in [-0.1, -0.05) is 67.0 Å². The molecule has 3 aliphatic heterocycles. The number of nitrogens with one attached hydrogen (secondary N) is 2. The summed E-state index contributed by atoms with van der Waals surface area (Å²) in [5.74, 6) is -1.45. The van der Waals surface area contributed by atoms with E-state index in [9.17, 15) is 14.7 Å². The largest absolute Gasteiger partial charge is 0.506 e. The summed E-state index contributed by atoms with van der Waals surface area (Å²) in [6, 6.07) is 6.11. The first-order valence-electron chi connectivity index (χ1n) is 23.0. The molecule has 0 amide bonds. The van der Waals surface area contributed by atoms with Gasteiger partial charge in [-0.2, -0.15) is 0 Å². The van der Waals surface area contributed by atoms with Gasteiger partial charge in [0.15, 0.2) is 0 Å². The molecule has 0 fully saturated rings. The van der Waals surface area contributed by atoms with Crippen LogP contribution in [0.3, 0.4) is 0 Å². The third-order valence-electron chi connectivity index (χ3n) is 13.3. The summed E-state index contributed by atoms with van der Waals surface area (Å²) in [6.45, 7) is 25.4. The van der Waals surface area contributed by atoms with Crippen LogP contribution in [-0.4, -0.2) is 50.7 Å². The second-order valence-electron chi connectivity index (χ2n) is 18.1. The van der Waals surface area contributed by atoms with Crippen molar-refractivity contribution in [3.8, 4) is 0 Å². The molecule has 2 aromatic heterocycles. The second-order valence-corrected chi connectivity index (χ2v) is 18.1. The molecule has 4 aliphatic rings. The van der Waals surface area contributed by atoms with E-state index >= 15 is 0 Å². The number of H-pyrrole nitrogens is 2. The van der Waals surface area contributed by atoms with Gasteiger partial charge in [-0.3, -0.25) is 4.79 Å². The summed E-state index contributed by atoms with van der Waals surface area (Å²) in [5.41, 5.74) is 17.7. The number of aromatic nitrogens is 4. The zero-order valence-electron chi connectivity index (χ0n) is 40.0. The number of ether oxygens (including phenoxy) is 2. The molecule has 5 heterocycles. The minimum absolute atomic E-state index is 0.0820. The van der Waals surface area contributed by atoms with E-state index in [1.165, 1.54) is 29.4 Å². The van der Waals surface area contributed by atoms with E-state index in [-0.39, 0.29) is 42.2 Å². The van der Waals surface area contributed by atoms with Crippen LogP contribution >= 0.6 is 0 Å². The number of methoxy groups -OCH3 is 1. The summed E-state index contributed by atoms with van der Waals surface area (Å²) < 4.78 is 11.1. The number of esters is 2. The molecule has 0 spiro atoms. The fraction of sp³-hybridized carbons (Fsp3) is 0.418. The average molecular weight is 865 g/mol. The van der Waals surface area contributed by atoms with Crippen LogP contribution in [0, 0.1) is 6.92 Å². The molecule has 64 heavy (non-hydrogen) atoms. The lowest BCUT2D eigenvalue weighted by atomic mass is 9.85. The van der Waals surface area contributed by atoms with Crippen LogP contribution in [-0.2, 0) is 19.1 Å². The Balaban J connectivity index is 1.27. The van der Waals surface area contributed by atoms with E-state index in [1.54, 1.807) is 0 Å². The SMILES string of the molecule is C=CC1=C(C)c2cc3[nH]c(c4c5[nH]c(cc6nc(cc1n2)C(C)=C6CC)c(C)c5C(O)=C4C(=O)OC)C(CCC(=O)OC/C=C(\C)CC/C=C(\C)CC/C=C(\C)CCC=C(C)C)C3C. The van der Waals surface area contributed by atoms with E-state index in [1.807, 2.05) is 38.1 Å². The number of hydrogen-bond acceptors (Lipinski definition) is 7. The predicted octanol–water partition coefficient (Wildman–Crippen LogP) is 14.1. The molecule has 9 heteroatoms. The number of carbonyl (C=O) groups excluding carboxylic acids is 2. The number of aryl methyl sites for hydroxylation is 1. The number of nitrogens with zero attached hydrogens (tertiary/aromatic N) is 2. The van der Waals surface area contributed by atoms with Gasteiger partial charge in [-0.05, 0) is 153 Å². The van der Waals surface area contributed by atoms with E-state index in [2.05, 4.69) is 96.2 Å². The maximum atomic E-state index is 13.6. The highest BCUT2D eigenvalue weighted by Gasteiger charge is 2.39. The zero-order valence-corrected chi connectivity index (χ0v) is 40.0. The van der Waals surface area contributed by atoms with E-state index in [4.69, 9.17) is 19.4 Å². The van der Waals surface area contributed by atoms with Crippen LogP contribution in [0.5, 0.6) is 0 Å². The lowest BCUT2D eigenvalue weighted by Crippen LogP contribution is -2.12. The van der Waals surface area contributed by atoms with Crippen LogP contribution < -0.4 is 0 Å². The van der Waals surface area contributed by atoms with Gasteiger partial charge < -0.3 is 24.5 Å². The molecular weight excluding hydrogens is 797 g/mol. The average Bonchev–Trinajstić information content (AvgIpc) is 3.99. The van der Waals surface area contributed by atoms with Crippen LogP contribution in [0.25, 0.3) is 44.7 Å². The number of hydrogen-bond donors (Lipinski definition) is 3. The summed E-state index contributed by atoms with van der Waals surface area (Å²) in [6.07, 6.45) is 18.4. The molecule has 3 N–H and O–H groups in total. The zero-order chi connectivity index (χ0) is 46.4. The van der Waals surface area contributed by atoms with Crippen molar-refractivity contribution >= 4 is 56.6 Å². The predicted molar refractivity (Wildman–Crippen MR) is 264 cm³/mol. The van der Waals surface area contributed by atoms with Crippen molar-refractivity contribution in [2.75, 3.05) is 13.7 Å². The summed E-state index contributed by atoms with van der Waals surface area (Å²) in [5, 5.41) is 11.9. The van der Waals surface area contributed by atoms with Gasteiger partial charge in [-0.15, -0.1) is 0 Å². The van der Waals surface area contributed by atoms with Gasteiger partial charge in [0.2, 0.25) is 0 Å². The second kappa shape index (κ2) is 20.7. The fourth-order valence-corrected chi connectivity index (χ4v) is 9.29. The Morgan fingerprint density at radius 3 is 2.05 bits per heavy atom. The van der Waals surface area contributed by atoms with Gasteiger partial charge >= 0.3 is 11.9 Å². The molecule has 8 bridgehead atoms. The maximum absolute atomic E-state index is 13.6. The number of rotatable bonds is 17. The molecule has 0 saturated heterocycles. The highest BCUT2D eigenvalue weighted by Crippen LogP contribution is 2.49. The first kappa shape index (κ1) is 47.5. The van der Waals surface area contributed by atoms with Gasteiger partial charge in [0.1, 0.15) is 17.9 Å². The summed E-state index contributed by atoms with van der Waals surface area (Å²) in [7, 11) is 1.32. The molecule has 9 nitrogen and oxygen atoms in total. The van der Waals surface area contributed by atoms with Gasteiger partial charge in [-0.25, -0.2) is 14.8 Å². The lowest BCUT2D eigenvalue weighted by molar-refractivity contribution is -0.142. The van der Waals surface area contributed by atoms with Crippen LogP contribution in [0.1, 0.15) is 183 Å². The first-order chi connectivity index (χ1) is 30.6. The Labute approximate surface area is 380 Å². The number of aliphatic hydroxyl groups is 1. The molecule has 0 radical (unpaired) electrons. The molecule has 6 rings (SSSR count). The van der Waals surface area contributed by atoms with Crippen LogP contribution in [0.2, 0.25) is 0 Å². The van der Waals surface area contributed by atoms with Crippen molar-refractivity contribution in [2.24, 2.45) is 0 Å².